The number of methoxy groups -OCH3 is 1. The van der Waals surface area contributed by atoms with E-state index >= 15 is 0 Å². The van der Waals surface area contributed by atoms with Crippen LogP contribution in [0.1, 0.15) is 49.5 Å². The van der Waals surface area contributed by atoms with E-state index in [-0.39, 0.29) is 27.8 Å². The number of rotatable bonds is 10. The molecule has 0 fully saturated rings. The number of carbonyl (C=O) groups is 3. The van der Waals surface area contributed by atoms with Crippen LogP contribution in [-0.2, 0) is 22.7 Å². The molecule has 3 rings (SSSR count). The lowest BCUT2D eigenvalue weighted by molar-refractivity contribution is -0.113. The number of anilines is 1. The van der Waals surface area contributed by atoms with E-state index in [4.69, 9.17) is 26.8 Å². The third-order valence-electron chi connectivity index (χ3n) is 5.23. The first-order chi connectivity index (χ1) is 17.1. The van der Waals surface area contributed by atoms with Gasteiger partial charge in [0.15, 0.2) is 11.0 Å². The number of nitrogens with zero attached hydrogens (tertiary/aromatic N) is 3. The van der Waals surface area contributed by atoms with Crippen LogP contribution in [0.4, 0.5) is 5.00 Å². The van der Waals surface area contributed by atoms with Crippen molar-refractivity contribution >= 4 is 57.5 Å². The summed E-state index contributed by atoms with van der Waals surface area (Å²) in [7, 11) is 1.22. The summed E-state index contributed by atoms with van der Waals surface area (Å²) in [6, 6.07) is 3.72. The van der Waals surface area contributed by atoms with Crippen LogP contribution in [0.15, 0.2) is 17.3 Å². The fourth-order valence-corrected chi connectivity index (χ4v) is 5.46. The maximum absolute atomic E-state index is 12.7. The van der Waals surface area contributed by atoms with E-state index < -0.39 is 17.8 Å². The quantitative estimate of drug-likeness (QED) is 0.283. The number of primary amides is 1. The van der Waals surface area contributed by atoms with Crippen molar-refractivity contribution < 1.29 is 23.9 Å². The summed E-state index contributed by atoms with van der Waals surface area (Å²) in [6.07, 6.45) is 0. The highest BCUT2D eigenvalue weighted by Gasteiger charge is 2.25. The van der Waals surface area contributed by atoms with Gasteiger partial charge >= 0.3 is 5.97 Å². The molecule has 0 saturated carbocycles. The van der Waals surface area contributed by atoms with E-state index in [1.54, 1.807) is 6.92 Å². The molecule has 3 aromatic rings. The highest BCUT2D eigenvalue weighted by Crippen LogP contribution is 2.34. The standard InChI is InChI=1S/C23H26ClN5O5S2/c1-6-29-15(9-34-14-7-11(2)18(24)12(3)8-14)27-28-23(29)35-10-16(30)26-21-17(22(32)33-5)13(4)19(36-21)20(25)31/h7-8H,6,9-10H2,1-5H3,(H2,25,31)(H,26,30). The number of amides is 2. The Hall–Kier alpha value is -3.09. The van der Waals surface area contributed by atoms with E-state index in [2.05, 4.69) is 15.5 Å². The number of hydrogen-bond acceptors (Lipinski definition) is 9. The normalized spacial score (nSPS) is 10.8. The number of benzene rings is 1. The number of hydrogen-bond donors (Lipinski definition) is 2. The molecule has 0 radical (unpaired) electrons. The zero-order valence-electron chi connectivity index (χ0n) is 20.4. The molecule has 13 heteroatoms. The molecule has 0 atom stereocenters. The van der Waals surface area contributed by atoms with Crippen molar-refractivity contribution in [2.75, 3.05) is 18.2 Å². The number of nitrogens with two attached hydrogens (primary N) is 1. The smallest absolute Gasteiger partial charge is 0.341 e. The Morgan fingerprint density at radius 1 is 1.19 bits per heavy atom. The molecule has 2 aromatic heterocycles. The molecule has 36 heavy (non-hydrogen) atoms. The number of thioether (sulfide) groups is 1. The van der Waals surface area contributed by atoms with E-state index in [0.29, 0.717) is 33.9 Å². The minimum absolute atomic E-state index is 0.00196. The molecule has 2 heterocycles. The summed E-state index contributed by atoms with van der Waals surface area (Å²) < 4.78 is 12.5. The Balaban J connectivity index is 1.68. The number of aromatic nitrogens is 3. The van der Waals surface area contributed by atoms with Crippen LogP contribution >= 0.6 is 34.7 Å². The number of thiophene rings is 1. The predicted octanol–water partition coefficient (Wildman–Crippen LogP) is 4.13. The molecule has 0 aliphatic carbocycles. The lowest BCUT2D eigenvalue weighted by Crippen LogP contribution is -2.16. The second-order valence-electron chi connectivity index (χ2n) is 7.76. The van der Waals surface area contributed by atoms with Gasteiger partial charge in [0.25, 0.3) is 5.91 Å². The summed E-state index contributed by atoms with van der Waals surface area (Å²) in [6.45, 7) is 8.12. The summed E-state index contributed by atoms with van der Waals surface area (Å²) in [5, 5.41) is 12.5. The van der Waals surface area contributed by atoms with Crippen LogP contribution in [0.2, 0.25) is 5.02 Å². The van der Waals surface area contributed by atoms with Crippen LogP contribution in [0, 0.1) is 20.8 Å². The third kappa shape index (κ3) is 6.00. The van der Waals surface area contributed by atoms with Crippen molar-refractivity contribution in [3.63, 3.8) is 0 Å². The van der Waals surface area contributed by atoms with Gasteiger partial charge in [0.05, 0.1) is 23.3 Å². The molecule has 0 saturated heterocycles. The van der Waals surface area contributed by atoms with Crippen LogP contribution in [-0.4, -0.2) is 45.4 Å². The Morgan fingerprint density at radius 2 is 1.86 bits per heavy atom. The summed E-state index contributed by atoms with van der Waals surface area (Å²) in [5.74, 6) is -0.459. The average molecular weight is 552 g/mol. The lowest BCUT2D eigenvalue weighted by atomic mass is 10.1. The molecule has 0 aliphatic heterocycles. The molecule has 192 valence electrons. The molecule has 0 bridgehead atoms. The van der Waals surface area contributed by atoms with Crippen molar-refractivity contribution in [3.8, 4) is 5.75 Å². The molecule has 0 aliphatic rings. The van der Waals surface area contributed by atoms with Gasteiger partial charge in [-0.3, -0.25) is 9.59 Å². The van der Waals surface area contributed by atoms with E-state index in [1.807, 2.05) is 37.5 Å². The molecule has 0 spiro atoms. The van der Waals surface area contributed by atoms with Gasteiger partial charge in [-0.2, -0.15) is 0 Å². The Bertz CT molecular complexity index is 1300. The van der Waals surface area contributed by atoms with Gasteiger partial charge in [0.2, 0.25) is 5.91 Å². The van der Waals surface area contributed by atoms with Gasteiger partial charge < -0.3 is 25.1 Å². The van der Waals surface area contributed by atoms with Crippen molar-refractivity contribution in [1.29, 1.82) is 0 Å². The van der Waals surface area contributed by atoms with Crippen molar-refractivity contribution in [2.24, 2.45) is 5.73 Å². The van der Waals surface area contributed by atoms with Crippen LogP contribution < -0.4 is 15.8 Å². The first-order valence-electron chi connectivity index (χ1n) is 10.8. The minimum atomic E-state index is -0.688. The van der Waals surface area contributed by atoms with Gasteiger partial charge in [0.1, 0.15) is 17.4 Å². The van der Waals surface area contributed by atoms with E-state index in [9.17, 15) is 14.4 Å². The van der Waals surface area contributed by atoms with E-state index in [0.717, 1.165) is 22.5 Å². The SMILES string of the molecule is CCn1c(COc2cc(C)c(Cl)c(C)c2)nnc1SCC(=O)Nc1sc(C(N)=O)c(C)c1C(=O)OC. The van der Waals surface area contributed by atoms with Crippen LogP contribution in [0.25, 0.3) is 0 Å². The molecular weight excluding hydrogens is 526 g/mol. The number of esters is 1. The molecular formula is C23H26ClN5O5S2. The fraction of sp³-hybridized carbons (Fsp3) is 0.348. The minimum Gasteiger partial charge on any atom is -0.486 e. The van der Waals surface area contributed by atoms with Crippen LogP contribution in [0.5, 0.6) is 5.75 Å². The number of aryl methyl sites for hydroxylation is 2. The summed E-state index contributed by atoms with van der Waals surface area (Å²) >= 11 is 8.34. The molecule has 0 unspecified atom stereocenters. The second-order valence-corrected chi connectivity index (χ2v) is 10.1. The fourth-order valence-electron chi connectivity index (χ4n) is 3.46. The molecule has 10 nitrogen and oxygen atoms in total. The van der Waals surface area contributed by atoms with Gasteiger partial charge in [-0.1, -0.05) is 23.4 Å². The maximum Gasteiger partial charge on any atom is 0.341 e. The lowest BCUT2D eigenvalue weighted by Gasteiger charge is -2.11. The highest BCUT2D eigenvalue weighted by molar-refractivity contribution is 7.99. The van der Waals surface area contributed by atoms with Crippen molar-refractivity contribution in [3.05, 3.63) is 50.1 Å². The number of ether oxygens (including phenoxy) is 2. The second kappa shape index (κ2) is 11.8. The summed E-state index contributed by atoms with van der Waals surface area (Å²) in [5.41, 5.74) is 7.71. The highest BCUT2D eigenvalue weighted by atomic mass is 35.5. The van der Waals surface area contributed by atoms with Gasteiger partial charge in [-0.15, -0.1) is 21.5 Å². The number of nitrogens with one attached hydrogen (secondary N) is 1. The Morgan fingerprint density at radius 3 is 2.44 bits per heavy atom. The zero-order valence-corrected chi connectivity index (χ0v) is 22.8. The molecule has 2 amide bonds. The predicted molar refractivity (Wildman–Crippen MR) is 139 cm³/mol. The van der Waals surface area contributed by atoms with Crippen molar-refractivity contribution in [2.45, 2.75) is 46.0 Å². The van der Waals surface area contributed by atoms with Gasteiger partial charge in [-0.05, 0) is 56.5 Å². The van der Waals surface area contributed by atoms with Crippen LogP contribution in [0.3, 0.4) is 0 Å². The van der Waals surface area contributed by atoms with Crippen molar-refractivity contribution in [1.82, 2.24) is 14.8 Å². The molecule has 3 N–H and O–H groups in total. The number of halogens is 1. The zero-order chi connectivity index (χ0) is 26.6. The van der Waals surface area contributed by atoms with Gasteiger partial charge in [-0.25, -0.2) is 4.79 Å². The maximum atomic E-state index is 12.7. The largest absolute Gasteiger partial charge is 0.486 e. The molecule has 1 aromatic carbocycles. The Labute approximate surface area is 221 Å². The average Bonchev–Trinajstić information content (AvgIpc) is 3.38. The Kier molecular flexibility index (Phi) is 8.98. The monoisotopic (exact) mass is 551 g/mol. The first-order valence-corrected chi connectivity index (χ1v) is 13.0. The third-order valence-corrected chi connectivity index (χ3v) is 8.02. The first kappa shape index (κ1) is 27.5. The van der Waals surface area contributed by atoms with Gasteiger partial charge in [0, 0.05) is 11.6 Å². The topological polar surface area (TPSA) is 138 Å². The van der Waals surface area contributed by atoms with E-state index in [1.165, 1.54) is 18.9 Å². The number of carbonyl (C=O) groups excluding carboxylic acids is 3. The summed E-state index contributed by atoms with van der Waals surface area (Å²) in [4.78, 5) is 36.7.